The van der Waals surface area contributed by atoms with E-state index in [4.69, 9.17) is 10.5 Å². The Kier molecular flexibility index (Phi) is 6.39. The van der Waals surface area contributed by atoms with Crippen molar-refractivity contribution in [3.05, 3.63) is 29.3 Å². The van der Waals surface area contributed by atoms with Gasteiger partial charge < -0.3 is 25.6 Å². The van der Waals surface area contributed by atoms with Gasteiger partial charge in [-0.1, -0.05) is 25.5 Å². The standard InChI is InChI=1S/C25H32N2O7/c1-4-5-9-34-15-8-6-7-12-10-13-11-14-19(27(2)3)21(29)18(24(26)32)23(31)25(14,33)22(30)17(13)20(28)16(12)15/h6-8,13-14,17-19,21,29,33H,4-5,9-11H2,1-3H3,(H2,26,32)/t13-,14-,17?,18?,19-,21?,25-/m0/s1. The van der Waals surface area contributed by atoms with Crippen molar-refractivity contribution in [2.24, 2.45) is 29.4 Å². The lowest BCUT2D eigenvalue weighted by Gasteiger charge is -2.54. The number of ketones is 3. The highest BCUT2D eigenvalue weighted by molar-refractivity contribution is 6.25. The number of amides is 1. The van der Waals surface area contributed by atoms with Crippen molar-refractivity contribution in [2.75, 3.05) is 20.7 Å². The molecule has 4 N–H and O–H groups in total. The molecule has 3 aliphatic rings. The number of unbranched alkanes of at least 4 members (excludes halogenated alkanes) is 1. The Morgan fingerprint density at radius 1 is 1.24 bits per heavy atom. The van der Waals surface area contributed by atoms with Gasteiger partial charge in [-0.15, -0.1) is 0 Å². The Morgan fingerprint density at radius 2 is 1.94 bits per heavy atom. The number of aliphatic hydroxyl groups excluding tert-OH is 1. The van der Waals surface area contributed by atoms with Crippen LogP contribution in [0.5, 0.6) is 5.75 Å². The van der Waals surface area contributed by atoms with Gasteiger partial charge in [0, 0.05) is 12.0 Å². The van der Waals surface area contributed by atoms with Crippen LogP contribution in [-0.4, -0.2) is 76.8 Å². The van der Waals surface area contributed by atoms with Crippen LogP contribution in [0.4, 0.5) is 0 Å². The molecule has 3 unspecified atom stereocenters. The highest BCUT2D eigenvalue weighted by atomic mass is 16.5. The van der Waals surface area contributed by atoms with E-state index < -0.39 is 64.7 Å². The molecule has 1 amide bonds. The van der Waals surface area contributed by atoms with Gasteiger partial charge in [0.25, 0.3) is 0 Å². The first-order valence-corrected chi connectivity index (χ1v) is 11.8. The van der Waals surface area contributed by atoms with Crippen molar-refractivity contribution in [2.45, 2.75) is 50.4 Å². The third kappa shape index (κ3) is 3.49. The minimum absolute atomic E-state index is 0.163. The Balaban J connectivity index is 1.78. The van der Waals surface area contributed by atoms with E-state index in [2.05, 4.69) is 0 Å². The van der Waals surface area contributed by atoms with E-state index in [1.54, 1.807) is 25.1 Å². The summed E-state index contributed by atoms with van der Waals surface area (Å²) in [4.78, 5) is 54.4. The summed E-state index contributed by atoms with van der Waals surface area (Å²) in [5, 5.41) is 22.5. The van der Waals surface area contributed by atoms with E-state index in [1.807, 2.05) is 19.1 Å². The molecule has 7 atom stereocenters. The van der Waals surface area contributed by atoms with E-state index in [1.165, 1.54) is 0 Å². The molecule has 0 radical (unpaired) electrons. The number of hydrogen-bond donors (Lipinski definition) is 3. The van der Waals surface area contributed by atoms with Crippen LogP contribution in [0.2, 0.25) is 0 Å². The molecular formula is C25H32N2O7. The van der Waals surface area contributed by atoms with Crippen molar-refractivity contribution in [1.29, 1.82) is 0 Å². The van der Waals surface area contributed by atoms with Crippen LogP contribution in [0.1, 0.15) is 42.1 Å². The Morgan fingerprint density at radius 3 is 2.56 bits per heavy atom. The number of fused-ring (bicyclic) bond motifs is 3. The molecule has 184 valence electrons. The minimum Gasteiger partial charge on any atom is -0.493 e. The first-order valence-electron chi connectivity index (χ1n) is 11.8. The van der Waals surface area contributed by atoms with E-state index in [0.29, 0.717) is 24.3 Å². The van der Waals surface area contributed by atoms with Gasteiger partial charge >= 0.3 is 0 Å². The average Bonchev–Trinajstić information content (AvgIpc) is 2.76. The lowest BCUT2D eigenvalue weighted by atomic mass is 9.52. The fourth-order valence-electron chi connectivity index (χ4n) is 6.19. The monoisotopic (exact) mass is 472 g/mol. The summed E-state index contributed by atoms with van der Waals surface area (Å²) < 4.78 is 5.83. The van der Waals surface area contributed by atoms with Gasteiger partial charge in [-0.2, -0.15) is 0 Å². The van der Waals surface area contributed by atoms with E-state index in [0.717, 1.165) is 18.4 Å². The van der Waals surface area contributed by atoms with Crippen molar-refractivity contribution in [3.63, 3.8) is 0 Å². The van der Waals surface area contributed by atoms with Crippen LogP contribution < -0.4 is 10.5 Å². The Bertz CT molecular complexity index is 1040. The number of carbonyl (C=O) groups is 4. The van der Waals surface area contributed by atoms with Crippen LogP contribution in [0.3, 0.4) is 0 Å². The number of nitrogens with zero attached hydrogens (tertiary/aromatic N) is 1. The van der Waals surface area contributed by atoms with Crippen LogP contribution in [0.15, 0.2) is 18.2 Å². The van der Waals surface area contributed by atoms with Gasteiger partial charge in [0.15, 0.2) is 23.0 Å². The van der Waals surface area contributed by atoms with Crippen LogP contribution in [0, 0.1) is 23.7 Å². The van der Waals surface area contributed by atoms with E-state index in [9.17, 15) is 29.4 Å². The van der Waals surface area contributed by atoms with Crippen LogP contribution in [-0.2, 0) is 20.8 Å². The topological polar surface area (TPSA) is 147 Å². The summed E-state index contributed by atoms with van der Waals surface area (Å²) in [6.45, 7) is 2.45. The maximum absolute atomic E-state index is 13.8. The molecule has 3 aliphatic carbocycles. The summed E-state index contributed by atoms with van der Waals surface area (Å²) in [6, 6.07) is 4.45. The van der Waals surface area contributed by atoms with Crippen molar-refractivity contribution < 1.29 is 34.1 Å². The molecule has 9 nitrogen and oxygen atoms in total. The number of primary amides is 1. The van der Waals surface area contributed by atoms with Crippen LogP contribution >= 0.6 is 0 Å². The first-order chi connectivity index (χ1) is 16.0. The van der Waals surface area contributed by atoms with Gasteiger partial charge in [-0.25, -0.2) is 0 Å². The smallest absolute Gasteiger partial charge is 0.230 e. The third-order valence-corrected chi connectivity index (χ3v) is 7.77. The largest absolute Gasteiger partial charge is 0.493 e. The second-order valence-corrected chi connectivity index (χ2v) is 9.96. The number of ether oxygens (including phenoxy) is 1. The molecule has 0 spiro atoms. The zero-order valence-electron chi connectivity index (χ0n) is 19.7. The molecule has 0 bridgehead atoms. The van der Waals surface area contributed by atoms with Gasteiger partial charge in [-0.05, 0) is 50.9 Å². The summed E-state index contributed by atoms with van der Waals surface area (Å²) in [6.07, 6.45) is 0.818. The number of nitrogens with two attached hydrogens (primary N) is 1. The molecule has 0 heterocycles. The summed E-state index contributed by atoms with van der Waals surface area (Å²) >= 11 is 0. The first kappa shape index (κ1) is 24.5. The molecule has 2 fully saturated rings. The number of hydrogen-bond acceptors (Lipinski definition) is 8. The van der Waals surface area contributed by atoms with Gasteiger partial charge in [-0.3, -0.25) is 19.2 Å². The number of rotatable bonds is 6. The number of likely N-dealkylation sites (N-methyl/N-ethyl adjacent to an activating group) is 1. The number of carbonyl (C=O) groups excluding carboxylic acids is 4. The average molecular weight is 473 g/mol. The summed E-state index contributed by atoms with van der Waals surface area (Å²) in [5.41, 5.74) is 3.89. The fourth-order valence-corrected chi connectivity index (χ4v) is 6.19. The Hall–Kier alpha value is -2.62. The molecule has 34 heavy (non-hydrogen) atoms. The zero-order chi connectivity index (χ0) is 24.9. The zero-order valence-corrected chi connectivity index (χ0v) is 19.7. The van der Waals surface area contributed by atoms with Crippen molar-refractivity contribution >= 4 is 23.3 Å². The van der Waals surface area contributed by atoms with Gasteiger partial charge in [0.2, 0.25) is 5.91 Å². The molecule has 1 aromatic carbocycles. The molecule has 9 heteroatoms. The third-order valence-electron chi connectivity index (χ3n) is 7.77. The molecule has 0 aromatic heterocycles. The van der Waals surface area contributed by atoms with Crippen LogP contribution in [0.25, 0.3) is 0 Å². The van der Waals surface area contributed by atoms with Gasteiger partial charge in [0.1, 0.15) is 11.7 Å². The number of aliphatic hydroxyl groups is 2. The summed E-state index contributed by atoms with van der Waals surface area (Å²) in [5.74, 6) is -7.64. The highest BCUT2D eigenvalue weighted by Crippen LogP contribution is 2.51. The van der Waals surface area contributed by atoms with Crippen molar-refractivity contribution in [3.8, 4) is 5.75 Å². The molecular weight excluding hydrogens is 440 g/mol. The maximum Gasteiger partial charge on any atom is 0.230 e. The predicted octanol–water partition coefficient (Wildman–Crippen LogP) is 0.132. The lowest BCUT2D eigenvalue weighted by molar-refractivity contribution is -0.190. The van der Waals surface area contributed by atoms with E-state index in [-0.39, 0.29) is 6.42 Å². The molecule has 2 saturated carbocycles. The Labute approximate surface area is 198 Å². The molecule has 0 aliphatic heterocycles. The second-order valence-electron chi connectivity index (χ2n) is 9.96. The lowest BCUT2D eigenvalue weighted by Crippen LogP contribution is -2.75. The quantitative estimate of drug-likeness (QED) is 0.391. The van der Waals surface area contributed by atoms with Gasteiger partial charge in [0.05, 0.1) is 24.2 Å². The molecule has 4 rings (SSSR count). The normalized spacial score (nSPS) is 34.9. The minimum atomic E-state index is -2.58. The highest BCUT2D eigenvalue weighted by Gasteiger charge is 2.69. The fraction of sp³-hybridized carbons (Fsp3) is 0.600. The van der Waals surface area contributed by atoms with Crippen molar-refractivity contribution in [1.82, 2.24) is 4.90 Å². The summed E-state index contributed by atoms with van der Waals surface area (Å²) in [7, 11) is 3.28. The predicted molar refractivity (Wildman–Crippen MR) is 121 cm³/mol. The SMILES string of the molecule is CCCCOc1cccc2c1C(=O)C1C(=O)[C@]3(O)C(=O)C(C(N)=O)C(O)[C@@H](N(C)C)[C@@H]3C[C@@H]1C2. The van der Waals surface area contributed by atoms with E-state index >= 15 is 0 Å². The number of benzene rings is 1. The maximum atomic E-state index is 13.8. The number of Topliss-reactive ketones (excluding diaryl/α,β-unsaturated/α-hetero) is 3. The second kappa shape index (κ2) is 8.87. The molecule has 1 aromatic rings. The molecule has 0 saturated heterocycles.